The first-order valence-corrected chi connectivity index (χ1v) is 5.03. The number of ether oxygens (including phenoxy) is 1. The van der Waals surface area contributed by atoms with E-state index in [1.165, 1.54) is 6.20 Å². The van der Waals surface area contributed by atoms with Crippen LogP contribution in [0.4, 0.5) is 0 Å². The monoisotopic (exact) mass is 210 g/mol. The van der Waals surface area contributed by atoms with E-state index in [1.54, 1.807) is 0 Å². The molecule has 1 fully saturated rings. The fraction of sp³-hybridized carbons (Fsp3) is 0.667. The van der Waals surface area contributed by atoms with Crippen LogP contribution in [0.5, 0.6) is 0 Å². The normalized spacial score (nSPS) is 25.4. The molecule has 6 nitrogen and oxygen atoms in total. The lowest BCUT2D eigenvalue weighted by Crippen LogP contribution is -2.32. The Bertz CT molecular complexity index is 325. The highest BCUT2D eigenvalue weighted by Crippen LogP contribution is 2.19. The second-order valence-corrected chi connectivity index (χ2v) is 3.69. The Morgan fingerprint density at radius 1 is 1.80 bits per heavy atom. The van der Waals surface area contributed by atoms with E-state index in [-0.39, 0.29) is 12.0 Å². The van der Waals surface area contributed by atoms with Gasteiger partial charge < -0.3 is 10.1 Å². The highest BCUT2D eigenvalue weighted by atomic mass is 16.5. The Labute approximate surface area is 87.4 Å². The average molecular weight is 210 g/mol. The number of H-pyrrole nitrogens is 1. The topological polar surface area (TPSA) is 79.9 Å². The number of nitrogens with zero attached hydrogens (tertiary/aromatic N) is 2. The van der Waals surface area contributed by atoms with Crippen molar-refractivity contribution in [1.29, 1.82) is 0 Å². The van der Waals surface area contributed by atoms with Crippen molar-refractivity contribution in [3.8, 4) is 0 Å². The summed E-state index contributed by atoms with van der Waals surface area (Å²) in [5, 5.41) is 12.5. The minimum Gasteiger partial charge on any atom is -0.378 e. The molecule has 2 atom stereocenters. The first-order chi connectivity index (χ1) is 7.27. The second kappa shape index (κ2) is 4.39. The zero-order chi connectivity index (χ0) is 10.7. The van der Waals surface area contributed by atoms with Crippen molar-refractivity contribution < 1.29 is 9.53 Å². The van der Waals surface area contributed by atoms with Gasteiger partial charge in [0.25, 0.3) is 5.91 Å². The molecule has 2 heterocycles. The third-order valence-corrected chi connectivity index (χ3v) is 2.71. The number of carbonyl (C=O) groups excluding carboxylic acids is 1. The molecule has 1 saturated heterocycles. The van der Waals surface area contributed by atoms with Crippen LogP contribution >= 0.6 is 0 Å². The second-order valence-electron chi connectivity index (χ2n) is 3.69. The standard InChI is InChI=1S/C9H14N4O2/c1-6-7(2-3-15-6)4-10-9(14)8-5-11-13-12-8/h5-7H,2-4H2,1H3,(H,10,14)(H,11,12,13). The third kappa shape index (κ3) is 2.33. The average Bonchev–Trinajstić information content (AvgIpc) is 2.85. The van der Waals surface area contributed by atoms with Gasteiger partial charge in [0, 0.05) is 19.1 Å². The van der Waals surface area contributed by atoms with Crippen LogP contribution in [0.2, 0.25) is 0 Å². The molecule has 2 N–H and O–H groups in total. The molecule has 0 aromatic carbocycles. The molecule has 1 aliphatic rings. The molecule has 1 aliphatic heterocycles. The maximum Gasteiger partial charge on any atom is 0.273 e. The van der Waals surface area contributed by atoms with Crippen molar-refractivity contribution in [1.82, 2.24) is 20.7 Å². The smallest absolute Gasteiger partial charge is 0.273 e. The molecule has 0 spiro atoms. The maximum atomic E-state index is 11.5. The van der Waals surface area contributed by atoms with Gasteiger partial charge in [-0.1, -0.05) is 0 Å². The van der Waals surface area contributed by atoms with Gasteiger partial charge in [-0.25, -0.2) is 0 Å². The van der Waals surface area contributed by atoms with Crippen LogP contribution in [0, 0.1) is 5.92 Å². The Balaban J connectivity index is 1.81. The van der Waals surface area contributed by atoms with E-state index >= 15 is 0 Å². The van der Waals surface area contributed by atoms with E-state index in [0.717, 1.165) is 13.0 Å². The maximum absolute atomic E-state index is 11.5. The van der Waals surface area contributed by atoms with Gasteiger partial charge in [-0.15, -0.1) is 0 Å². The van der Waals surface area contributed by atoms with Gasteiger partial charge >= 0.3 is 0 Å². The third-order valence-electron chi connectivity index (χ3n) is 2.71. The minimum atomic E-state index is -0.192. The van der Waals surface area contributed by atoms with Gasteiger partial charge in [-0.05, 0) is 13.3 Å². The molecule has 1 aromatic heterocycles. The molecule has 15 heavy (non-hydrogen) atoms. The molecule has 1 amide bonds. The van der Waals surface area contributed by atoms with E-state index in [9.17, 15) is 4.79 Å². The molecule has 1 aromatic rings. The van der Waals surface area contributed by atoms with E-state index in [1.807, 2.05) is 6.92 Å². The predicted octanol–water partition coefficient (Wildman–Crippen LogP) is -0.0405. The molecular weight excluding hydrogens is 196 g/mol. The van der Waals surface area contributed by atoms with Gasteiger partial charge in [-0.2, -0.15) is 15.4 Å². The van der Waals surface area contributed by atoms with Crippen LogP contribution in [-0.2, 0) is 4.74 Å². The summed E-state index contributed by atoms with van der Waals surface area (Å²) in [6.07, 6.45) is 2.63. The number of nitrogens with one attached hydrogen (secondary N) is 2. The summed E-state index contributed by atoms with van der Waals surface area (Å²) in [4.78, 5) is 11.5. The minimum absolute atomic E-state index is 0.192. The SMILES string of the molecule is CC1OCCC1CNC(=O)c1cn[nH]n1. The van der Waals surface area contributed by atoms with Gasteiger partial charge in [0.1, 0.15) is 0 Å². The van der Waals surface area contributed by atoms with Crippen LogP contribution in [0.1, 0.15) is 23.8 Å². The van der Waals surface area contributed by atoms with Crippen molar-refractivity contribution in [2.75, 3.05) is 13.2 Å². The molecular formula is C9H14N4O2. The van der Waals surface area contributed by atoms with Crippen molar-refractivity contribution in [3.63, 3.8) is 0 Å². The van der Waals surface area contributed by atoms with Crippen molar-refractivity contribution in [2.45, 2.75) is 19.4 Å². The van der Waals surface area contributed by atoms with Gasteiger partial charge in [-0.3, -0.25) is 4.79 Å². The quantitative estimate of drug-likeness (QED) is 0.733. The van der Waals surface area contributed by atoms with Crippen LogP contribution in [-0.4, -0.2) is 40.6 Å². The zero-order valence-electron chi connectivity index (χ0n) is 8.56. The predicted molar refractivity (Wildman–Crippen MR) is 52.2 cm³/mol. The van der Waals surface area contributed by atoms with Crippen molar-refractivity contribution >= 4 is 5.91 Å². The van der Waals surface area contributed by atoms with Crippen LogP contribution < -0.4 is 5.32 Å². The van der Waals surface area contributed by atoms with E-state index < -0.39 is 0 Å². The summed E-state index contributed by atoms with van der Waals surface area (Å²) in [5.74, 6) is 0.212. The number of aromatic amines is 1. The Morgan fingerprint density at radius 2 is 2.67 bits per heavy atom. The van der Waals surface area contributed by atoms with Crippen LogP contribution in [0.25, 0.3) is 0 Å². The summed E-state index contributed by atoms with van der Waals surface area (Å²) >= 11 is 0. The van der Waals surface area contributed by atoms with E-state index in [0.29, 0.717) is 18.2 Å². The van der Waals surface area contributed by atoms with E-state index in [4.69, 9.17) is 4.74 Å². The van der Waals surface area contributed by atoms with Gasteiger partial charge in [0.2, 0.25) is 0 Å². The molecule has 82 valence electrons. The van der Waals surface area contributed by atoms with Crippen LogP contribution in [0.15, 0.2) is 6.20 Å². The highest BCUT2D eigenvalue weighted by molar-refractivity contribution is 5.91. The molecule has 0 aliphatic carbocycles. The number of carbonyl (C=O) groups is 1. The van der Waals surface area contributed by atoms with E-state index in [2.05, 4.69) is 20.7 Å². The molecule has 2 unspecified atom stereocenters. The molecule has 6 heteroatoms. The summed E-state index contributed by atoms with van der Waals surface area (Å²) in [5.41, 5.74) is 0.321. The lowest BCUT2D eigenvalue weighted by Gasteiger charge is -2.13. The Hall–Kier alpha value is -1.43. The largest absolute Gasteiger partial charge is 0.378 e. The van der Waals surface area contributed by atoms with Crippen LogP contribution in [0.3, 0.4) is 0 Å². The number of aromatic nitrogens is 3. The first-order valence-electron chi connectivity index (χ1n) is 5.03. The fourth-order valence-electron chi connectivity index (χ4n) is 1.67. The summed E-state index contributed by atoms with van der Waals surface area (Å²) < 4.78 is 5.40. The highest BCUT2D eigenvalue weighted by Gasteiger charge is 2.24. The number of amides is 1. The van der Waals surface area contributed by atoms with Crippen molar-refractivity contribution in [2.24, 2.45) is 5.92 Å². The number of hydrogen-bond donors (Lipinski definition) is 2. The summed E-state index contributed by atoms with van der Waals surface area (Å²) in [7, 11) is 0. The number of rotatable bonds is 3. The molecule has 0 radical (unpaired) electrons. The van der Waals surface area contributed by atoms with Crippen molar-refractivity contribution in [3.05, 3.63) is 11.9 Å². The van der Waals surface area contributed by atoms with Gasteiger partial charge in [0.15, 0.2) is 5.69 Å². The summed E-state index contributed by atoms with van der Waals surface area (Å²) in [6.45, 7) is 3.44. The first kappa shape index (κ1) is 10.1. The van der Waals surface area contributed by atoms with Gasteiger partial charge in [0.05, 0.1) is 12.3 Å². The summed E-state index contributed by atoms with van der Waals surface area (Å²) in [6, 6.07) is 0. The lowest BCUT2D eigenvalue weighted by molar-refractivity contribution is 0.0903. The number of hydrogen-bond acceptors (Lipinski definition) is 4. The molecule has 0 bridgehead atoms. The zero-order valence-corrected chi connectivity index (χ0v) is 8.56. The molecule has 0 saturated carbocycles. The molecule has 2 rings (SSSR count). The lowest BCUT2D eigenvalue weighted by atomic mass is 10.0. The fourth-order valence-corrected chi connectivity index (χ4v) is 1.67. The Kier molecular flexibility index (Phi) is 2.96. The Morgan fingerprint density at radius 3 is 3.27 bits per heavy atom.